The van der Waals surface area contributed by atoms with Crippen LogP contribution in [0.3, 0.4) is 0 Å². The predicted molar refractivity (Wildman–Crippen MR) is 165 cm³/mol. The number of anilines is 1. The number of nitrogens with zero attached hydrogens (tertiary/aromatic N) is 2. The highest BCUT2D eigenvalue weighted by Crippen LogP contribution is 2.51. The van der Waals surface area contributed by atoms with E-state index in [1.165, 1.54) is 53.8 Å². The number of rotatable bonds is 6. The van der Waals surface area contributed by atoms with E-state index in [1.807, 2.05) is 11.8 Å². The molecule has 206 valence electrons. The normalized spacial score (nSPS) is 18.3. The van der Waals surface area contributed by atoms with Gasteiger partial charge in [0, 0.05) is 41.1 Å². The minimum atomic E-state index is 0. The first kappa shape index (κ1) is 30.1. The highest BCUT2D eigenvalue weighted by molar-refractivity contribution is 8.03. The summed E-state index contributed by atoms with van der Waals surface area (Å²) in [5, 5.41) is 2.61. The average Bonchev–Trinajstić information content (AvgIpc) is 3.22. The van der Waals surface area contributed by atoms with Crippen LogP contribution in [0.5, 0.6) is 5.75 Å². The first-order valence-corrected chi connectivity index (χ1v) is 15.6. The smallest absolute Gasteiger partial charge is 0.212 e. The lowest BCUT2D eigenvalue weighted by atomic mass is 9.75. The van der Waals surface area contributed by atoms with Crippen molar-refractivity contribution in [2.24, 2.45) is 5.41 Å². The molecule has 3 nitrogen and oxygen atoms in total. The molecule has 0 amide bonds. The monoisotopic (exact) mass is 670 g/mol. The van der Waals surface area contributed by atoms with Gasteiger partial charge in [-0.1, -0.05) is 43.3 Å². The zero-order chi connectivity index (χ0) is 27.0. The molecule has 0 bridgehead atoms. The lowest BCUT2D eigenvalue weighted by Crippen LogP contribution is -3.00. The fourth-order valence-electron chi connectivity index (χ4n) is 5.84. The van der Waals surface area contributed by atoms with Crippen molar-refractivity contribution in [1.29, 1.82) is 0 Å². The van der Waals surface area contributed by atoms with Crippen molar-refractivity contribution in [3.8, 4) is 5.75 Å². The van der Waals surface area contributed by atoms with Gasteiger partial charge in [0.05, 0.1) is 22.7 Å². The number of allylic oxidation sites excluding steroid dienone is 4. The van der Waals surface area contributed by atoms with E-state index < -0.39 is 0 Å². The van der Waals surface area contributed by atoms with E-state index in [0.29, 0.717) is 0 Å². The second-order valence-electron chi connectivity index (χ2n) is 11.0. The van der Waals surface area contributed by atoms with Crippen LogP contribution in [0.25, 0.3) is 17.0 Å². The molecule has 0 saturated carbocycles. The molecule has 6 heteroatoms. The van der Waals surface area contributed by atoms with E-state index in [0.717, 1.165) is 31.7 Å². The SMILES string of the molecule is CCN1/C(=C\C2=CC(=C/c3ccc4cc(C)ccc4[n+]3CC)/CC(C)(C)C2)Sc2cc(SC)c(OC)cc21.[I-]. The van der Waals surface area contributed by atoms with E-state index in [1.54, 1.807) is 18.9 Å². The summed E-state index contributed by atoms with van der Waals surface area (Å²) in [5.41, 5.74) is 8.13. The summed E-state index contributed by atoms with van der Waals surface area (Å²) in [5.74, 6) is 0.953. The van der Waals surface area contributed by atoms with Crippen LogP contribution in [0.1, 0.15) is 51.8 Å². The minimum absolute atomic E-state index is 0. The van der Waals surface area contributed by atoms with Crippen molar-refractivity contribution in [3.63, 3.8) is 0 Å². The first-order valence-electron chi connectivity index (χ1n) is 13.5. The van der Waals surface area contributed by atoms with Gasteiger partial charge in [-0.25, -0.2) is 0 Å². The first-order chi connectivity index (χ1) is 18.2. The molecule has 2 heterocycles. The Hall–Kier alpha value is -1.90. The number of hydrogen-bond donors (Lipinski definition) is 0. The molecule has 0 radical (unpaired) electrons. The highest BCUT2D eigenvalue weighted by atomic mass is 127. The molecular weight excluding hydrogens is 631 g/mol. The van der Waals surface area contributed by atoms with Crippen LogP contribution in [0.15, 0.2) is 80.6 Å². The molecule has 2 aromatic carbocycles. The number of hydrogen-bond acceptors (Lipinski definition) is 4. The largest absolute Gasteiger partial charge is 1.00 e. The lowest BCUT2D eigenvalue weighted by Gasteiger charge is -2.31. The van der Waals surface area contributed by atoms with Crippen LogP contribution in [-0.4, -0.2) is 19.9 Å². The van der Waals surface area contributed by atoms with Crippen LogP contribution in [0, 0.1) is 12.3 Å². The lowest BCUT2D eigenvalue weighted by molar-refractivity contribution is -0.669. The number of thioether (sulfide) groups is 2. The van der Waals surface area contributed by atoms with Crippen molar-refractivity contribution < 1.29 is 33.3 Å². The topological polar surface area (TPSA) is 16.4 Å². The average molecular weight is 671 g/mol. The Bertz CT molecular complexity index is 1490. The van der Waals surface area contributed by atoms with Gasteiger partial charge < -0.3 is 33.6 Å². The maximum absolute atomic E-state index is 5.69. The zero-order valence-electron chi connectivity index (χ0n) is 24.1. The molecule has 0 fully saturated rings. The van der Waals surface area contributed by atoms with Gasteiger partial charge in [0.2, 0.25) is 11.2 Å². The molecule has 3 aromatic rings. The van der Waals surface area contributed by atoms with Crippen LogP contribution >= 0.6 is 23.5 Å². The van der Waals surface area contributed by atoms with Gasteiger partial charge in [-0.2, -0.15) is 4.57 Å². The number of benzene rings is 2. The van der Waals surface area contributed by atoms with E-state index in [9.17, 15) is 0 Å². The fourth-order valence-corrected chi connectivity index (χ4v) is 7.72. The molecule has 0 unspecified atom stereocenters. The van der Waals surface area contributed by atoms with Crippen LogP contribution < -0.4 is 38.2 Å². The molecule has 39 heavy (non-hydrogen) atoms. The number of ether oxygens (including phenoxy) is 1. The maximum atomic E-state index is 5.69. The highest BCUT2D eigenvalue weighted by Gasteiger charge is 2.29. The van der Waals surface area contributed by atoms with Crippen molar-refractivity contribution in [2.45, 2.75) is 63.8 Å². The number of methoxy groups -OCH3 is 1. The molecule has 1 aromatic heterocycles. The van der Waals surface area contributed by atoms with Crippen molar-refractivity contribution in [2.75, 3.05) is 24.8 Å². The summed E-state index contributed by atoms with van der Waals surface area (Å²) >= 11 is 3.62. The molecule has 2 aliphatic rings. The van der Waals surface area contributed by atoms with Gasteiger partial charge in [-0.15, -0.1) is 11.8 Å². The Morgan fingerprint density at radius 3 is 2.56 bits per heavy atom. The summed E-state index contributed by atoms with van der Waals surface area (Å²) in [6.07, 6.45) is 11.5. The predicted octanol–water partition coefficient (Wildman–Crippen LogP) is 5.79. The summed E-state index contributed by atoms with van der Waals surface area (Å²) in [7, 11) is 1.76. The van der Waals surface area contributed by atoms with E-state index in [4.69, 9.17) is 4.74 Å². The van der Waals surface area contributed by atoms with Crippen molar-refractivity contribution >= 4 is 46.2 Å². The van der Waals surface area contributed by atoms with Crippen LogP contribution in [0.4, 0.5) is 5.69 Å². The Morgan fingerprint density at radius 1 is 1.08 bits per heavy atom. The number of aryl methyl sites for hydroxylation is 2. The van der Waals surface area contributed by atoms with Gasteiger partial charge in [0.1, 0.15) is 12.3 Å². The number of fused-ring (bicyclic) bond motifs is 2. The molecule has 0 atom stereocenters. The quantitative estimate of drug-likeness (QED) is 0.188. The zero-order valence-corrected chi connectivity index (χ0v) is 27.9. The van der Waals surface area contributed by atoms with Gasteiger partial charge >= 0.3 is 0 Å². The van der Waals surface area contributed by atoms with Crippen molar-refractivity contribution in [1.82, 2.24) is 0 Å². The molecule has 0 spiro atoms. The van der Waals surface area contributed by atoms with E-state index in [-0.39, 0.29) is 29.4 Å². The number of pyridine rings is 1. The van der Waals surface area contributed by atoms with Crippen LogP contribution in [-0.2, 0) is 6.54 Å². The second kappa shape index (κ2) is 12.3. The standard InChI is InChI=1S/C33H39N2OS2.HI/c1-8-34-26(12-11-25-14-22(3)10-13-27(25)34)16-23-15-24(21-33(4,5)20-23)17-32-35(9-2)28-18-29(36-6)31(37-7)19-30(28)38-32;/h10-19H,8-9,20-21H2,1-7H3;1H/q+1;/p-1. The molecular formula is C33H39IN2OS2. The second-order valence-corrected chi connectivity index (χ2v) is 12.9. The number of halogens is 1. The number of aromatic nitrogens is 1. The molecule has 1 aliphatic carbocycles. The summed E-state index contributed by atoms with van der Waals surface area (Å²) in [6, 6.07) is 15.8. The van der Waals surface area contributed by atoms with E-state index >= 15 is 0 Å². The van der Waals surface area contributed by atoms with E-state index in [2.05, 4.69) is 111 Å². The third-order valence-electron chi connectivity index (χ3n) is 7.47. The molecule has 0 saturated heterocycles. The van der Waals surface area contributed by atoms with Crippen molar-refractivity contribution in [3.05, 3.63) is 82.0 Å². The molecule has 1 aliphatic heterocycles. The van der Waals surface area contributed by atoms with Gasteiger partial charge in [-0.05, 0) is 80.7 Å². The maximum Gasteiger partial charge on any atom is 0.212 e. The molecule has 0 N–H and O–H groups in total. The van der Waals surface area contributed by atoms with Gasteiger partial charge in [0.15, 0.2) is 0 Å². The molecule has 5 rings (SSSR count). The summed E-state index contributed by atoms with van der Waals surface area (Å²) in [6.45, 7) is 13.3. The van der Waals surface area contributed by atoms with Crippen LogP contribution in [0.2, 0.25) is 0 Å². The summed E-state index contributed by atoms with van der Waals surface area (Å²) < 4.78 is 8.13. The van der Waals surface area contributed by atoms with Gasteiger partial charge in [-0.3, -0.25) is 0 Å². The summed E-state index contributed by atoms with van der Waals surface area (Å²) in [4.78, 5) is 4.92. The Morgan fingerprint density at radius 2 is 1.87 bits per heavy atom. The Labute approximate surface area is 259 Å². The third kappa shape index (κ3) is 6.23. The Kier molecular flexibility index (Phi) is 9.49. The minimum Gasteiger partial charge on any atom is -1.00 e. The van der Waals surface area contributed by atoms with Gasteiger partial charge in [0.25, 0.3) is 0 Å². The third-order valence-corrected chi connectivity index (χ3v) is 9.32. The Balaban J connectivity index is 0.00000353. The fraction of sp³-hybridized carbons (Fsp3) is 0.364.